The highest BCUT2D eigenvalue weighted by Gasteiger charge is 2.42. The Hall–Kier alpha value is -1.73. The summed E-state index contributed by atoms with van der Waals surface area (Å²) in [4.78, 5) is 18.5. The van der Waals surface area contributed by atoms with Crippen LogP contribution in [0.5, 0.6) is 0 Å². The number of nitrogens with one attached hydrogen (secondary N) is 1. The van der Waals surface area contributed by atoms with E-state index in [1.807, 2.05) is 11.3 Å². The topological polar surface area (TPSA) is 63.1 Å². The molecule has 0 radical (unpaired) electrons. The molecule has 35 heavy (non-hydrogen) atoms. The molecule has 192 valence electrons. The molecule has 0 unspecified atom stereocenters. The Morgan fingerprint density at radius 1 is 1.06 bits per heavy atom. The van der Waals surface area contributed by atoms with Gasteiger partial charge < -0.3 is 9.88 Å². The number of amides is 1. The number of carbonyl (C=O) groups is 1. The fourth-order valence-electron chi connectivity index (χ4n) is 6.87. The Morgan fingerprint density at radius 3 is 2.34 bits per heavy atom. The maximum atomic E-state index is 13.1. The number of aromatic nitrogens is 3. The van der Waals surface area contributed by atoms with E-state index in [0.29, 0.717) is 24.0 Å². The monoisotopic (exact) mass is 497 g/mol. The molecule has 7 heteroatoms. The van der Waals surface area contributed by atoms with Crippen LogP contribution in [0.25, 0.3) is 0 Å². The van der Waals surface area contributed by atoms with Gasteiger partial charge in [0.25, 0.3) is 0 Å². The van der Waals surface area contributed by atoms with Gasteiger partial charge in [-0.3, -0.25) is 9.69 Å². The predicted octanol–water partition coefficient (Wildman–Crippen LogP) is 5.99. The molecule has 6 nitrogen and oxygen atoms in total. The lowest BCUT2D eigenvalue weighted by Gasteiger charge is -2.40. The van der Waals surface area contributed by atoms with E-state index in [0.717, 1.165) is 37.5 Å². The zero-order chi connectivity index (χ0) is 24.7. The highest BCUT2D eigenvalue weighted by Crippen LogP contribution is 2.42. The van der Waals surface area contributed by atoms with Crippen molar-refractivity contribution in [1.29, 1.82) is 0 Å². The first-order valence-electron chi connectivity index (χ1n) is 13.9. The number of piperidine rings is 1. The van der Waals surface area contributed by atoms with Crippen molar-refractivity contribution < 1.29 is 4.79 Å². The molecule has 1 aliphatic carbocycles. The van der Waals surface area contributed by atoms with Gasteiger partial charge in [-0.1, -0.05) is 26.7 Å². The summed E-state index contributed by atoms with van der Waals surface area (Å²) in [6, 6.07) is 4.20. The third-order valence-corrected chi connectivity index (χ3v) is 10.1. The Balaban J connectivity index is 1.27. The highest BCUT2D eigenvalue weighted by molar-refractivity contribution is 7.12. The molecular weight excluding hydrogens is 454 g/mol. The molecule has 4 heterocycles. The van der Waals surface area contributed by atoms with Gasteiger partial charge in [0.15, 0.2) is 0 Å². The van der Waals surface area contributed by atoms with E-state index in [1.54, 1.807) is 0 Å². The number of hydrogen-bond donors (Lipinski definition) is 1. The summed E-state index contributed by atoms with van der Waals surface area (Å²) < 4.78 is 2.44. The van der Waals surface area contributed by atoms with E-state index in [2.05, 4.69) is 65.7 Å². The third kappa shape index (κ3) is 5.08. The minimum Gasteiger partial charge on any atom is -0.348 e. The average molecular weight is 498 g/mol. The van der Waals surface area contributed by atoms with Crippen LogP contribution in [0.4, 0.5) is 0 Å². The van der Waals surface area contributed by atoms with Crippen molar-refractivity contribution in [1.82, 2.24) is 25.0 Å². The van der Waals surface area contributed by atoms with Gasteiger partial charge in [0.1, 0.15) is 11.6 Å². The van der Waals surface area contributed by atoms with E-state index in [9.17, 15) is 4.79 Å². The summed E-state index contributed by atoms with van der Waals surface area (Å²) in [5.74, 6) is 3.09. The summed E-state index contributed by atoms with van der Waals surface area (Å²) in [5, 5.41) is 12.4. The van der Waals surface area contributed by atoms with Crippen LogP contribution in [0.3, 0.4) is 0 Å². The molecule has 2 bridgehead atoms. The molecule has 0 aromatic carbocycles. The minimum absolute atomic E-state index is 0.130. The quantitative estimate of drug-likeness (QED) is 0.486. The zero-order valence-electron chi connectivity index (χ0n) is 22.2. The van der Waals surface area contributed by atoms with E-state index in [-0.39, 0.29) is 17.9 Å². The van der Waals surface area contributed by atoms with Crippen molar-refractivity contribution in [2.24, 2.45) is 5.92 Å². The van der Waals surface area contributed by atoms with Crippen molar-refractivity contribution in [3.63, 3.8) is 0 Å². The molecule has 1 N–H and O–H groups in total. The van der Waals surface area contributed by atoms with Crippen LogP contribution < -0.4 is 5.32 Å². The Kier molecular flexibility index (Phi) is 7.36. The molecule has 0 spiro atoms. The molecule has 5 rings (SSSR count). The molecular formula is C28H43N5OS. The number of aryl methyl sites for hydroxylation is 3. The van der Waals surface area contributed by atoms with E-state index in [1.165, 1.54) is 53.8 Å². The molecule has 2 aromatic rings. The number of rotatable bonds is 8. The van der Waals surface area contributed by atoms with Gasteiger partial charge in [-0.15, -0.1) is 21.5 Å². The largest absolute Gasteiger partial charge is 0.348 e. The zero-order valence-corrected chi connectivity index (χ0v) is 23.0. The lowest BCUT2D eigenvalue weighted by molar-refractivity contribution is -0.125. The van der Waals surface area contributed by atoms with Gasteiger partial charge in [0, 0.05) is 46.3 Å². The van der Waals surface area contributed by atoms with Crippen molar-refractivity contribution in [2.75, 3.05) is 6.54 Å². The summed E-state index contributed by atoms with van der Waals surface area (Å²) in [7, 11) is 0. The molecule has 2 aliphatic heterocycles. The Bertz CT molecular complexity index is 1000. The van der Waals surface area contributed by atoms with Crippen LogP contribution in [-0.2, 0) is 4.79 Å². The van der Waals surface area contributed by atoms with Crippen LogP contribution in [0.2, 0.25) is 0 Å². The first kappa shape index (κ1) is 24.9. The fraction of sp³-hybridized carbons (Fsp3) is 0.750. The highest BCUT2D eigenvalue weighted by atomic mass is 32.1. The standard InChI is InChI=1S/C28H43N5OS/c1-17(2)27-31-30-20(5)33(27)24-15-22-10-11-23(16-24)32(22)13-12-25(26-14-18(3)19(4)35-26)29-28(34)21-8-6-7-9-21/h14,17,21-25H,6-13,15-16H2,1-5H3,(H,29,34)/t22-,23-,25-/m0/s1. The van der Waals surface area contributed by atoms with Crippen LogP contribution in [0.15, 0.2) is 6.07 Å². The first-order chi connectivity index (χ1) is 16.8. The van der Waals surface area contributed by atoms with Gasteiger partial charge >= 0.3 is 0 Å². The maximum absolute atomic E-state index is 13.1. The van der Waals surface area contributed by atoms with Crippen LogP contribution in [0, 0.1) is 26.7 Å². The first-order valence-corrected chi connectivity index (χ1v) is 14.7. The molecule has 3 aliphatic rings. The van der Waals surface area contributed by atoms with Gasteiger partial charge in [-0.25, -0.2) is 0 Å². The van der Waals surface area contributed by atoms with Crippen LogP contribution in [-0.4, -0.2) is 44.2 Å². The molecule has 3 fully saturated rings. The summed E-state index contributed by atoms with van der Waals surface area (Å²) >= 11 is 1.86. The van der Waals surface area contributed by atoms with Gasteiger partial charge in [0.2, 0.25) is 5.91 Å². The van der Waals surface area contributed by atoms with E-state index in [4.69, 9.17) is 0 Å². The summed E-state index contributed by atoms with van der Waals surface area (Å²) in [5.41, 5.74) is 1.34. The normalized spacial score (nSPS) is 26.1. The van der Waals surface area contributed by atoms with Crippen molar-refractivity contribution in [3.05, 3.63) is 33.0 Å². The molecule has 2 saturated heterocycles. The van der Waals surface area contributed by atoms with Crippen LogP contribution in [0.1, 0.15) is 117 Å². The lowest BCUT2D eigenvalue weighted by atomic mass is 9.95. The second-order valence-electron chi connectivity index (χ2n) is 11.6. The van der Waals surface area contributed by atoms with Gasteiger partial charge in [-0.2, -0.15) is 0 Å². The van der Waals surface area contributed by atoms with Gasteiger partial charge in [-0.05, 0) is 77.3 Å². The van der Waals surface area contributed by atoms with Crippen molar-refractivity contribution in [2.45, 2.75) is 122 Å². The van der Waals surface area contributed by atoms with E-state index < -0.39 is 0 Å². The maximum Gasteiger partial charge on any atom is 0.223 e. The van der Waals surface area contributed by atoms with Gasteiger partial charge in [0.05, 0.1) is 6.04 Å². The summed E-state index contributed by atoms with van der Waals surface area (Å²) in [6.45, 7) is 12.0. The Labute approximate surface area is 214 Å². The second kappa shape index (κ2) is 10.3. The number of fused-ring (bicyclic) bond motifs is 2. The number of carbonyl (C=O) groups excluding carboxylic acids is 1. The fourth-order valence-corrected chi connectivity index (χ4v) is 8.00. The smallest absolute Gasteiger partial charge is 0.223 e. The van der Waals surface area contributed by atoms with Crippen molar-refractivity contribution in [3.8, 4) is 0 Å². The number of nitrogens with zero attached hydrogens (tertiary/aromatic N) is 4. The SMILES string of the molecule is Cc1cc([C@H](CCN2[C@H]3CC[C@H]2CC(n2c(C)nnc2C(C)C)C3)NC(=O)C2CCCC2)sc1C. The number of thiophene rings is 1. The van der Waals surface area contributed by atoms with Crippen molar-refractivity contribution >= 4 is 17.2 Å². The summed E-state index contributed by atoms with van der Waals surface area (Å²) in [6.07, 6.45) is 10.4. The third-order valence-electron chi connectivity index (χ3n) is 8.88. The Morgan fingerprint density at radius 2 is 1.74 bits per heavy atom. The molecule has 2 aromatic heterocycles. The molecule has 1 saturated carbocycles. The minimum atomic E-state index is 0.130. The van der Waals surface area contributed by atoms with E-state index >= 15 is 0 Å². The predicted molar refractivity (Wildman–Crippen MR) is 142 cm³/mol. The molecule has 3 atom stereocenters. The molecule has 1 amide bonds. The lowest BCUT2D eigenvalue weighted by Crippen LogP contribution is -2.45. The van der Waals surface area contributed by atoms with Crippen LogP contribution >= 0.6 is 11.3 Å². The number of hydrogen-bond acceptors (Lipinski definition) is 5. The second-order valence-corrected chi connectivity index (χ2v) is 12.9. The average Bonchev–Trinajstić information content (AvgIpc) is 3.59.